The molecule has 0 bridgehead atoms. The van der Waals surface area contributed by atoms with Gasteiger partial charge in [-0.15, -0.1) is 23.5 Å². The summed E-state index contributed by atoms with van der Waals surface area (Å²) in [7, 11) is 2.05. The smallest absolute Gasteiger partial charge is 0.134 e. The first kappa shape index (κ1) is 13.4. The van der Waals surface area contributed by atoms with Gasteiger partial charge < -0.3 is 9.73 Å². The third-order valence-corrected chi connectivity index (χ3v) is 7.51. The van der Waals surface area contributed by atoms with Crippen molar-refractivity contribution in [2.24, 2.45) is 0 Å². The Bertz CT molecular complexity index is 560. The average molecular weight is 293 g/mol. The Balaban J connectivity index is 2.06. The summed E-state index contributed by atoms with van der Waals surface area (Å²) in [5.74, 6) is 2.46. The first-order valence-electron chi connectivity index (χ1n) is 6.69. The number of nitrogens with one attached hydrogen (secondary N) is 1. The quantitative estimate of drug-likeness (QED) is 0.922. The summed E-state index contributed by atoms with van der Waals surface area (Å²) < 4.78 is 5.67. The van der Waals surface area contributed by atoms with Crippen LogP contribution in [0.25, 0.3) is 11.0 Å². The number of hydrogen-bond acceptors (Lipinski definition) is 4. The van der Waals surface area contributed by atoms with Crippen molar-refractivity contribution in [3.8, 4) is 0 Å². The van der Waals surface area contributed by atoms with Crippen molar-refractivity contribution in [2.75, 3.05) is 18.6 Å². The predicted octanol–water partition coefficient (Wildman–Crippen LogP) is 4.06. The van der Waals surface area contributed by atoms with E-state index in [9.17, 15) is 0 Å². The summed E-state index contributed by atoms with van der Waals surface area (Å²) in [6, 6.07) is 9.10. The molecule has 1 aliphatic rings. The lowest BCUT2D eigenvalue weighted by molar-refractivity contribution is 0.563. The van der Waals surface area contributed by atoms with Crippen LogP contribution in [0.4, 0.5) is 0 Å². The van der Waals surface area contributed by atoms with Crippen LogP contribution in [0.3, 0.4) is 0 Å². The van der Waals surface area contributed by atoms with Gasteiger partial charge >= 0.3 is 0 Å². The second-order valence-corrected chi connectivity index (χ2v) is 7.84. The van der Waals surface area contributed by atoms with Crippen LogP contribution in [0.1, 0.15) is 18.9 Å². The van der Waals surface area contributed by atoms with Crippen molar-refractivity contribution in [2.45, 2.75) is 23.5 Å². The molecule has 0 saturated carbocycles. The molecule has 1 saturated heterocycles. The molecule has 2 nitrogen and oxygen atoms in total. The van der Waals surface area contributed by atoms with Gasteiger partial charge in [-0.2, -0.15) is 0 Å². The fourth-order valence-electron chi connectivity index (χ4n) is 2.58. The molecule has 4 heteroatoms. The highest BCUT2D eigenvalue weighted by molar-refractivity contribution is 8.18. The monoisotopic (exact) mass is 293 g/mol. The first-order valence-corrected chi connectivity index (χ1v) is 8.66. The normalized spacial score (nSPS) is 20.5. The lowest BCUT2D eigenvalue weighted by atomic mass is 10.0. The van der Waals surface area contributed by atoms with Gasteiger partial charge in [-0.1, -0.05) is 12.1 Å². The number of rotatable bonds is 3. The molecule has 0 radical (unpaired) electrons. The third kappa shape index (κ3) is 2.30. The molecular weight excluding hydrogens is 274 g/mol. The SMILES string of the molecule is CNC(C)C1(c2ccc3ccoc3c2)SCCCS1. The summed E-state index contributed by atoms with van der Waals surface area (Å²) in [4.78, 5) is 0. The molecule has 0 spiro atoms. The van der Waals surface area contributed by atoms with Gasteiger partial charge in [0.05, 0.1) is 6.26 Å². The van der Waals surface area contributed by atoms with Gasteiger partial charge in [-0.25, -0.2) is 0 Å². The molecule has 1 unspecified atom stereocenters. The van der Waals surface area contributed by atoms with Crippen molar-refractivity contribution in [3.63, 3.8) is 0 Å². The highest BCUT2D eigenvalue weighted by atomic mass is 32.2. The van der Waals surface area contributed by atoms with Crippen LogP contribution in [0.2, 0.25) is 0 Å². The highest BCUT2D eigenvalue weighted by Crippen LogP contribution is 2.52. The molecule has 3 rings (SSSR count). The van der Waals surface area contributed by atoms with Gasteiger partial charge in [0.2, 0.25) is 0 Å². The number of benzene rings is 1. The number of hydrogen-bond donors (Lipinski definition) is 1. The number of fused-ring (bicyclic) bond motifs is 1. The molecule has 1 aliphatic heterocycles. The van der Waals surface area contributed by atoms with E-state index in [1.54, 1.807) is 6.26 Å². The zero-order valence-electron chi connectivity index (χ0n) is 11.3. The number of furan rings is 1. The topological polar surface area (TPSA) is 25.2 Å². The fraction of sp³-hybridized carbons (Fsp3) is 0.467. The average Bonchev–Trinajstić information content (AvgIpc) is 2.94. The Kier molecular flexibility index (Phi) is 3.83. The molecular formula is C15H19NOS2. The van der Waals surface area contributed by atoms with Crippen molar-refractivity contribution < 1.29 is 4.42 Å². The van der Waals surface area contributed by atoms with Crippen molar-refractivity contribution in [1.29, 1.82) is 0 Å². The number of likely N-dealkylation sites (N-methyl/N-ethyl adjacent to an activating group) is 1. The van der Waals surface area contributed by atoms with E-state index in [4.69, 9.17) is 4.42 Å². The molecule has 0 aliphatic carbocycles. The van der Waals surface area contributed by atoms with E-state index in [2.05, 4.69) is 54.0 Å². The Morgan fingerprint density at radius 1 is 1.26 bits per heavy atom. The second kappa shape index (κ2) is 5.43. The summed E-state index contributed by atoms with van der Waals surface area (Å²) >= 11 is 4.13. The Morgan fingerprint density at radius 2 is 2.05 bits per heavy atom. The minimum absolute atomic E-state index is 0.105. The molecule has 102 valence electrons. The van der Waals surface area contributed by atoms with Crippen LogP contribution >= 0.6 is 23.5 Å². The highest BCUT2D eigenvalue weighted by Gasteiger charge is 2.40. The van der Waals surface area contributed by atoms with Crippen LogP contribution < -0.4 is 5.32 Å². The van der Waals surface area contributed by atoms with Gasteiger partial charge in [0.15, 0.2) is 0 Å². The maximum atomic E-state index is 5.57. The maximum absolute atomic E-state index is 5.57. The van der Waals surface area contributed by atoms with Crippen LogP contribution in [-0.2, 0) is 4.08 Å². The minimum atomic E-state index is 0.105. The minimum Gasteiger partial charge on any atom is -0.464 e. The molecule has 2 heterocycles. The van der Waals surface area contributed by atoms with Crippen LogP contribution in [0, 0.1) is 0 Å². The second-order valence-electron chi connectivity index (χ2n) is 4.90. The zero-order chi connectivity index (χ0) is 13.3. The molecule has 0 amide bonds. The Morgan fingerprint density at radius 3 is 2.79 bits per heavy atom. The lowest BCUT2D eigenvalue weighted by Gasteiger charge is -2.41. The molecule has 1 fully saturated rings. The number of thioether (sulfide) groups is 2. The van der Waals surface area contributed by atoms with E-state index in [1.165, 1.54) is 28.9 Å². The standard InChI is InChI=1S/C15H19NOS2/c1-11(16-2)15(18-8-3-9-19-15)13-5-4-12-6-7-17-14(12)10-13/h4-7,10-11,16H,3,8-9H2,1-2H3. The van der Waals surface area contributed by atoms with Crippen LogP contribution in [0.5, 0.6) is 0 Å². The van der Waals surface area contributed by atoms with Crippen molar-refractivity contribution in [3.05, 3.63) is 36.1 Å². The molecule has 1 aromatic heterocycles. The summed E-state index contributed by atoms with van der Waals surface area (Å²) in [5.41, 5.74) is 2.36. The molecule has 19 heavy (non-hydrogen) atoms. The van der Waals surface area contributed by atoms with Crippen molar-refractivity contribution >= 4 is 34.5 Å². The lowest BCUT2D eigenvalue weighted by Crippen LogP contribution is -2.42. The van der Waals surface area contributed by atoms with E-state index in [1.807, 2.05) is 13.1 Å². The van der Waals surface area contributed by atoms with E-state index >= 15 is 0 Å². The first-order chi connectivity index (χ1) is 9.26. The summed E-state index contributed by atoms with van der Waals surface area (Å²) in [5, 5.41) is 4.63. The van der Waals surface area contributed by atoms with Crippen molar-refractivity contribution in [1.82, 2.24) is 5.32 Å². The molecule has 1 N–H and O–H groups in total. The van der Waals surface area contributed by atoms with Gasteiger partial charge in [0.1, 0.15) is 9.66 Å². The molecule has 2 aromatic rings. The summed E-state index contributed by atoms with van der Waals surface area (Å²) in [6.45, 7) is 2.28. The van der Waals surface area contributed by atoms with E-state index in [0.717, 1.165) is 5.58 Å². The zero-order valence-corrected chi connectivity index (χ0v) is 12.9. The van der Waals surface area contributed by atoms with Crippen LogP contribution in [-0.4, -0.2) is 24.6 Å². The maximum Gasteiger partial charge on any atom is 0.134 e. The molecule has 1 aromatic carbocycles. The van der Waals surface area contributed by atoms with Gasteiger partial charge in [0, 0.05) is 11.4 Å². The van der Waals surface area contributed by atoms with Gasteiger partial charge in [0.25, 0.3) is 0 Å². The van der Waals surface area contributed by atoms with Gasteiger partial charge in [-0.05, 0) is 49.6 Å². The predicted molar refractivity (Wildman–Crippen MR) is 85.9 cm³/mol. The summed E-state index contributed by atoms with van der Waals surface area (Å²) in [6.07, 6.45) is 3.07. The Hall–Kier alpha value is -0.580. The molecule has 1 atom stereocenters. The van der Waals surface area contributed by atoms with E-state index in [0.29, 0.717) is 6.04 Å². The third-order valence-electron chi connectivity index (χ3n) is 3.78. The van der Waals surface area contributed by atoms with E-state index < -0.39 is 0 Å². The largest absolute Gasteiger partial charge is 0.464 e. The Labute approximate surface area is 122 Å². The van der Waals surface area contributed by atoms with E-state index in [-0.39, 0.29) is 4.08 Å². The van der Waals surface area contributed by atoms with Crippen LogP contribution in [0.15, 0.2) is 34.9 Å². The fourth-order valence-corrected chi connectivity index (χ4v) is 6.10. The van der Waals surface area contributed by atoms with Gasteiger partial charge in [-0.3, -0.25) is 0 Å².